The summed E-state index contributed by atoms with van der Waals surface area (Å²) >= 11 is 1.70. The van der Waals surface area contributed by atoms with Gasteiger partial charge in [0.1, 0.15) is 0 Å². The molecule has 4 rings (SSSR count). The molecule has 1 aliphatic carbocycles. The highest BCUT2D eigenvalue weighted by molar-refractivity contribution is 7.10. The SMILES string of the molecule is CCn1cnc2c(c1=O)CCN(C(=O)C1(c3cccs3)CCCCC1)C2. The number of nitrogens with zero attached hydrogens (tertiary/aromatic N) is 3. The Morgan fingerprint density at radius 2 is 2.12 bits per heavy atom. The second-order valence-electron chi connectivity index (χ2n) is 7.36. The smallest absolute Gasteiger partial charge is 0.256 e. The molecule has 0 N–H and O–H groups in total. The van der Waals surface area contributed by atoms with Crippen molar-refractivity contribution in [1.29, 1.82) is 0 Å². The minimum absolute atomic E-state index is 0.0511. The molecule has 0 aromatic carbocycles. The van der Waals surface area contributed by atoms with Gasteiger partial charge in [-0.1, -0.05) is 25.3 Å². The van der Waals surface area contributed by atoms with E-state index in [-0.39, 0.29) is 16.9 Å². The van der Waals surface area contributed by atoms with Crippen LogP contribution in [-0.4, -0.2) is 26.9 Å². The Morgan fingerprint density at radius 1 is 1.31 bits per heavy atom. The molecule has 26 heavy (non-hydrogen) atoms. The molecule has 5 nitrogen and oxygen atoms in total. The quantitative estimate of drug-likeness (QED) is 0.833. The van der Waals surface area contributed by atoms with Crippen molar-refractivity contribution >= 4 is 17.2 Å². The van der Waals surface area contributed by atoms with E-state index in [0.29, 0.717) is 26.1 Å². The summed E-state index contributed by atoms with van der Waals surface area (Å²) in [5, 5.41) is 2.07. The van der Waals surface area contributed by atoms with Gasteiger partial charge in [-0.3, -0.25) is 14.2 Å². The summed E-state index contributed by atoms with van der Waals surface area (Å²) < 4.78 is 1.64. The third kappa shape index (κ3) is 2.80. The third-order valence-corrected chi connectivity index (χ3v) is 7.00. The number of hydrogen-bond acceptors (Lipinski definition) is 4. The molecule has 0 saturated heterocycles. The van der Waals surface area contributed by atoms with E-state index in [2.05, 4.69) is 16.4 Å². The van der Waals surface area contributed by atoms with Crippen LogP contribution in [-0.2, 0) is 29.7 Å². The van der Waals surface area contributed by atoms with Crippen molar-refractivity contribution < 1.29 is 4.79 Å². The first kappa shape index (κ1) is 17.5. The summed E-state index contributed by atoms with van der Waals surface area (Å²) in [7, 11) is 0. The van der Waals surface area contributed by atoms with Crippen molar-refractivity contribution in [2.24, 2.45) is 0 Å². The normalized spacial score (nSPS) is 19.2. The van der Waals surface area contributed by atoms with Gasteiger partial charge in [0.2, 0.25) is 5.91 Å². The highest BCUT2D eigenvalue weighted by Gasteiger charge is 2.45. The number of hydrogen-bond donors (Lipinski definition) is 0. The Bertz CT molecular complexity index is 850. The van der Waals surface area contributed by atoms with Gasteiger partial charge in [-0.2, -0.15) is 0 Å². The van der Waals surface area contributed by atoms with E-state index in [1.165, 1.54) is 11.3 Å². The molecule has 1 fully saturated rings. The lowest BCUT2D eigenvalue weighted by Gasteiger charge is -2.40. The first-order valence-corrected chi connectivity index (χ1v) is 10.4. The van der Waals surface area contributed by atoms with Crippen LogP contribution in [0.25, 0.3) is 0 Å². The van der Waals surface area contributed by atoms with Gasteiger partial charge in [-0.15, -0.1) is 11.3 Å². The van der Waals surface area contributed by atoms with Crippen LogP contribution in [0.1, 0.15) is 55.2 Å². The van der Waals surface area contributed by atoms with Crippen LogP contribution in [0.4, 0.5) is 0 Å². The Labute approximate surface area is 157 Å². The van der Waals surface area contributed by atoms with Crippen molar-refractivity contribution in [2.75, 3.05) is 6.54 Å². The predicted octanol–water partition coefficient (Wildman–Crippen LogP) is 3.11. The average molecular weight is 372 g/mol. The van der Waals surface area contributed by atoms with Crippen molar-refractivity contribution in [1.82, 2.24) is 14.5 Å². The van der Waals surface area contributed by atoms with Gasteiger partial charge in [0, 0.05) is 23.5 Å². The van der Waals surface area contributed by atoms with E-state index in [1.54, 1.807) is 22.2 Å². The molecule has 138 valence electrons. The zero-order valence-corrected chi connectivity index (χ0v) is 16.1. The molecular weight excluding hydrogens is 346 g/mol. The van der Waals surface area contributed by atoms with Gasteiger partial charge in [-0.25, -0.2) is 4.98 Å². The molecular formula is C20H25N3O2S. The lowest BCUT2D eigenvalue weighted by Crippen LogP contribution is -2.50. The maximum Gasteiger partial charge on any atom is 0.256 e. The highest BCUT2D eigenvalue weighted by atomic mass is 32.1. The van der Waals surface area contributed by atoms with Gasteiger partial charge in [0.15, 0.2) is 0 Å². The summed E-state index contributed by atoms with van der Waals surface area (Å²) in [6.45, 7) is 3.65. The number of amides is 1. The van der Waals surface area contributed by atoms with Gasteiger partial charge in [0.05, 0.1) is 24.0 Å². The first-order chi connectivity index (χ1) is 12.7. The van der Waals surface area contributed by atoms with Crippen LogP contribution in [0.5, 0.6) is 0 Å². The molecule has 0 unspecified atom stereocenters. The first-order valence-electron chi connectivity index (χ1n) is 9.56. The number of aromatic nitrogens is 2. The van der Waals surface area contributed by atoms with Crippen LogP contribution in [0, 0.1) is 0 Å². The zero-order chi connectivity index (χ0) is 18.1. The van der Waals surface area contributed by atoms with Crippen molar-refractivity contribution in [3.05, 3.63) is 50.3 Å². The number of thiophene rings is 1. The lowest BCUT2D eigenvalue weighted by atomic mass is 9.71. The maximum absolute atomic E-state index is 13.6. The third-order valence-electron chi connectivity index (χ3n) is 5.93. The summed E-state index contributed by atoms with van der Waals surface area (Å²) in [4.78, 5) is 33.7. The largest absolute Gasteiger partial charge is 0.336 e. The summed E-state index contributed by atoms with van der Waals surface area (Å²) in [6, 6.07) is 4.16. The standard InChI is InChI=1S/C20H25N3O2S/c1-2-22-14-21-16-13-23(11-8-15(16)18(22)24)19(25)20(9-4-3-5-10-20)17-7-6-12-26-17/h6-7,12,14H,2-5,8-11,13H2,1H3. The number of rotatable bonds is 3. The molecule has 1 saturated carbocycles. The van der Waals surface area contributed by atoms with Crippen LogP contribution in [0.2, 0.25) is 0 Å². The fourth-order valence-electron chi connectivity index (χ4n) is 4.43. The van der Waals surface area contributed by atoms with Crippen molar-refractivity contribution in [2.45, 2.75) is 64.0 Å². The minimum Gasteiger partial charge on any atom is -0.336 e. The molecule has 3 heterocycles. The molecule has 6 heteroatoms. The summed E-state index contributed by atoms with van der Waals surface area (Å²) in [6.07, 6.45) is 7.50. The van der Waals surface area contributed by atoms with Crippen LogP contribution < -0.4 is 5.56 Å². The molecule has 0 spiro atoms. The van der Waals surface area contributed by atoms with Crippen molar-refractivity contribution in [3.63, 3.8) is 0 Å². The molecule has 0 bridgehead atoms. The molecule has 2 aliphatic rings. The molecule has 0 radical (unpaired) electrons. The number of aryl methyl sites for hydroxylation is 1. The molecule has 2 aromatic heterocycles. The Hall–Kier alpha value is -1.95. The van der Waals surface area contributed by atoms with Gasteiger partial charge >= 0.3 is 0 Å². The summed E-state index contributed by atoms with van der Waals surface area (Å²) in [5.74, 6) is 0.228. The fourth-order valence-corrected chi connectivity index (χ4v) is 5.41. The molecule has 0 atom stereocenters. The van der Waals surface area contributed by atoms with E-state index >= 15 is 0 Å². The monoisotopic (exact) mass is 371 g/mol. The lowest BCUT2D eigenvalue weighted by molar-refractivity contribution is -0.139. The molecule has 2 aromatic rings. The van der Waals surface area contributed by atoms with Gasteiger partial charge < -0.3 is 4.90 Å². The van der Waals surface area contributed by atoms with Crippen LogP contribution >= 0.6 is 11.3 Å². The number of carbonyl (C=O) groups excluding carboxylic acids is 1. The molecule has 1 amide bonds. The highest BCUT2D eigenvalue weighted by Crippen LogP contribution is 2.43. The number of carbonyl (C=O) groups is 1. The van der Waals surface area contributed by atoms with Crippen LogP contribution in [0.15, 0.2) is 28.6 Å². The van der Waals surface area contributed by atoms with E-state index in [1.807, 2.05) is 17.9 Å². The van der Waals surface area contributed by atoms with Gasteiger partial charge in [0.25, 0.3) is 5.56 Å². The average Bonchev–Trinajstić information content (AvgIpc) is 3.23. The Kier molecular flexibility index (Phi) is 4.69. The van der Waals surface area contributed by atoms with Gasteiger partial charge in [-0.05, 0) is 37.6 Å². The van der Waals surface area contributed by atoms with Crippen LogP contribution in [0.3, 0.4) is 0 Å². The second kappa shape index (κ2) is 6.99. The number of fused-ring (bicyclic) bond motifs is 1. The van der Waals surface area contributed by atoms with E-state index in [4.69, 9.17) is 0 Å². The Balaban J connectivity index is 1.64. The Morgan fingerprint density at radius 3 is 2.81 bits per heavy atom. The maximum atomic E-state index is 13.6. The fraction of sp³-hybridized carbons (Fsp3) is 0.550. The topological polar surface area (TPSA) is 55.2 Å². The second-order valence-corrected chi connectivity index (χ2v) is 8.31. The zero-order valence-electron chi connectivity index (χ0n) is 15.2. The van der Waals surface area contributed by atoms with E-state index in [0.717, 1.165) is 36.9 Å². The van der Waals surface area contributed by atoms with E-state index in [9.17, 15) is 9.59 Å². The van der Waals surface area contributed by atoms with Crippen molar-refractivity contribution in [3.8, 4) is 0 Å². The van der Waals surface area contributed by atoms with E-state index < -0.39 is 0 Å². The summed E-state index contributed by atoms with van der Waals surface area (Å²) in [5.41, 5.74) is 1.24. The molecule has 1 aliphatic heterocycles. The minimum atomic E-state index is -0.373. The predicted molar refractivity (Wildman–Crippen MR) is 102 cm³/mol.